The molecular formula is C24H29FN2O5S2. The molecule has 1 aromatic carbocycles. The number of carbonyl (C=O) groups excluding carboxylic acids is 1. The van der Waals surface area contributed by atoms with Crippen LogP contribution >= 0.6 is 11.3 Å². The van der Waals surface area contributed by atoms with E-state index in [2.05, 4.69) is 4.72 Å². The Bertz CT molecular complexity index is 1280. The van der Waals surface area contributed by atoms with E-state index in [-0.39, 0.29) is 39.2 Å². The Kier molecular flexibility index (Phi) is 7.25. The molecule has 7 nitrogen and oxygen atoms in total. The monoisotopic (exact) mass is 508 g/mol. The highest BCUT2D eigenvalue weighted by molar-refractivity contribution is 7.92. The van der Waals surface area contributed by atoms with Crippen molar-refractivity contribution >= 4 is 27.3 Å². The number of sulfonamides is 1. The van der Waals surface area contributed by atoms with E-state index in [0.29, 0.717) is 21.6 Å². The van der Waals surface area contributed by atoms with Crippen molar-refractivity contribution in [1.82, 2.24) is 4.72 Å². The van der Waals surface area contributed by atoms with Crippen LogP contribution in [0.3, 0.4) is 0 Å². The van der Waals surface area contributed by atoms with Gasteiger partial charge < -0.3 is 10.2 Å². The van der Waals surface area contributed by atoms with Crippen molar-refractivity contribution < 1.29 is 27.8 Å². The predicted octanol–water partition coefficient (Wildman–Crippen LogP) is 3.84. The molecule has 0 unspecified atom stereocenters. The molecule has 0 atom stereocenters. The number of thiophene rings is 1. The van der Waals surface area contributed by atoms with Crippen molar-refractivity contribution in [2.24, 2.45) is 0 Å². The molecule has 1 saturated carbocycles. The molecular weight excluding hydrogens is 479 g/mol. The second-order valence-electron chi connectivity index (χ2n) is 9.51. The summed E-state index contributed by atoms with van der Waals surface area (Å²) in [6, 6.07) is 3.34. The second-order valence-corrected chi connectivity index (χ2v) is 12.4. The van der Waals surface area contributed by atoms with Crippen molar-refractivity contribution in [2.45, 2.75) is 82.1 Å². The highest BCUT2D eigenvalue weighted by Crippen LogP contribution is 2.45. The Balaban J connectivity index is 2.00. The molecule has 1 heterocycles. The Morgan fingerprint density at radius 3 is 2.44 bits per heavy atom. The largest absolute Gasteiger partial charge is 0.392 e. The molecule has 0 bridgehead atoms. The second kappa shape index (κ2) is 9.38. The Morgan fingerprint density at radius 2 is 1.97 bits per heavy atom. The van der Waals surface area contributed by atoms with Crippen molar-refractivity contribution in [3.8, 4) is 6.07 Å². The Hall–Kier alpha value is -2.32. The van der Waals surface area contributed by atoms with E-state index in [1.54, 1.807) is 20.8 Å². The third-order valence-corrected chi connectivity index (χ3v) is 9.52. The van der Waals surface area contributed by atoms with Crippen LogP contribution in [-0.4, -0.2) is 24.5 Å². The fourth-order valence-corrected chi connectivity index (χ4v) is 7.15. The molecule has 10 heteroatoms. The minimum absolute atomic E-state index is 0.0804. The Morgan fingerprint density at radius 1 is 1.35 bits per heavy atom. The zero-order valence-corrected chi connectivity index (χ0v) is 21.5. The van der Waals surface area contributed by atoms with Crippen molar-refractivity contribution in [2.75, 3.05) is 0 Å². The molecule has 0 spiro atoms. The number of halogens is 1. The van der Waals surface area contributed by atoms with Crippen LogP contribution in [0.15, 0.2) is 10.3 Å². The van der Waals surface area contributed by atoms with Crippen LogP contribution < -0.4 is 4.72 Å². The SMILES string of the molecule is Cc1c(C(C)(C)O)sc(S(=O)(=O)NC(=O)Cc2c(C3CC3)cc(C#N)c(F)c2C(C)C)c1CO. The van der Waals surface area contributed by atoms with Gasteiger partial charge in [0.05, 0.1) is 24.2 Å². The molecule has 184 valence electrons. The topological polar surface area (TPSA) is 127 Å². The first-order valence-corrected chi connectivity index (χ1v) is 13.3. The zero-order chi connectivity index (χ0) is 25.6. The van der Waals surface area contributed by atoms with Crippen LogP contribution in [0.4, 0.5) is 4.39 Å². The molecule has 0 radical (unpaired) electrons. The number of hydrogen-bond acceptors (Lipinski definition) is 7. The molecule has 3 rings (SSSR count). The third-order valence-electron chi connectivity index (χ3n) is 5.94. The summed E-state index contributed by atoms with van der Waals surface area (Å²) >= 11 is 0.798. The number of carbonyl (C=O) groups is 1. The number of benzene rings is 1. The van der Waals surface area contributed by atoms with E-state index in [1.807, 2.05) is 6.07 Å². The Labute approximate surface area is 203 Å². The van der Waals surface area contributed by atoms with Crippen LogP contribution in [-0.2, 0) is 33.4 Å². The fourth-order valence-electron chi connectivity index (χ4n) is 4.28. The highest BCUT2D eigenvalue weighted by Gasteiger charge is 2.34. The van der Waals surface area contributed by atoms with Gasteiger partial charge >= 0.3 is 0 Å². The zero-order valence-electron chi connectivity index (χ0n) is 19.8. The number of nitriles is 1. The molecule has 0 saturated heterocycles. The van der Waals surface area contributed by atoms with Gasteiger partial charge in [0, 0.05) is 10.4 Å². The van der Waals surface area contributed by atoms with Crippen molar-refractivity contribution in [3.63, 3.8) is 0 Å². The van der Waals surface area contributed by atoms with Crippen molar-refractivity contribution in [3.05, 3.63) is 50.1 Å². The first kappa shape index (κ1) is 26.3. The number of aliphatic hydroxyl groups is 2. The molecule has 1 fully saturated rings. The van der Waals surface area contributed by atoms with Gasteiger partial charge in [-0.2, -0.15) is 5.26 Å². The molecule has 34 heavy (non-hydrogen) atoms. The van der Waals surface area contributed by atoms with Gasteiger partial charge in [0.25, 0.3) is 10.0 Å². The number of nitrogens with one attached hydrogen (secondary N) is 1. The van der Waals surface area contributed by atoms with E-state index in [9.17, 15) is 28.7 Å². The van der Waals surface area contributed by atoms with E-state index in [4.69, 9.17) is 0 Å². The van der Waals surface area contributed by atoms with Gasteiger partial charge in [-0.3, -0.25) is 4.79 Å². The molecule has 1 aromatic heterocycles. The van der Waals surface area contributed by atoms with E-state index >= 15 is 4.39 Å². The number of amides is 1. The minimum Gasteiger partial charge on any atom is -0.392 e. The molecule has 2 aromatic rings. The van der Waals surface area contributed by atoms with Gasteiger partial charge in [-0.1, -0.05) is 13.8 Å². The van der Waals surface area contributed by atoms with Crippen LogP contribution in [0.5, 0.6) is 0 Å². The molecule has 3 N–H and O–H groups in total. The van der Waals surface area contributed by atoms with E-state index in [1.165, 1.54) is 19.9 Å². The first-order chi connectivity index (χ1) is 15.7. The lowest BCUT2D eigenvalue weighted by Crippen LogP contribution is -2.32. The van der Waals surface area contributed by atoms with Gasteiger partial charge in [-0.05, 0) is 73.8 Å². The summed E-state index contributed by atoms with van der Waals surface area (Å²) in [5.41, 5.74) is 0.532. The molecule has 1 aliphatic carbocycles. The highest BCUT2D eigenvalue weighted by atomic mass is 32.2. The summed E-state index contributed by atoms with van der Waals surface area (Å²) < 4.78 is 43.0. The first-order valence-electron chi connectivity index (χ1n) is 11.0. The normalized spacial score (nSPS) is 14.4. The molecule has 1 amide bonds. The maximum absolute atomic E-state index is 15.0. The van der Waals surface area contributed by atoms with Gasteiger partial charge in [0.15, 0.2) is 0 Å². The average Bonchev–Trinajstić information content (AvgIpc) is 3.48. The summed E-state index contributed by atoms with van der Waals surface area (Å²) in [5, 5.41) is 29.5. The van der Waals surface area contributed by atoms with Gasteiger partial charge in [0.1, 0.15) is 16.1 Å². The number of nitrogens with zero attached hydrogens (tertiary/aromatic N) is 1. The average molecular weight is 509 g/mol. The third kappa shape index (κ3) is 5.03. The lowest BCUT2D eigenvalue weighted by Gasteiger charge is -2.19. The number of hydrogen-bond donors (Lipinski definition) is 3. The summed E-state index contributed by atoms with van der Waals surface area (Å²) in [6.45, 7) is 7.56. The fraction of sp³-hybridized carbons (Fsp3) is 0.500. The maximum atomic E-state index is 15.0. The van der Waals surface area contributed by atoms with E-state index < -0.39 is 34.0 Å². The lowest BCUT2D eigenvalue weighted by atomic mass is 9.87. The maximum Gasteiger partial charge on any atom is 0.273 e. The van der Waals surface area contributed by atoms with Gasteiger partial charge in [0.2, 0.25) is 5.91 Å². The smallest absolute Gasteiger partial charge is 0.273 e. The van der Waals surface area contributed by atoms with Crippen LogP contribution in [0.25, 0.3) is 0 Å². The summed E-state index contributed by atoms with van der Waals surface area (Å²) in [7, 11) is -4.36. The summed E-state index contributed by atoms with van der Waals surface area (Å²) in [5.74, 6) is -1.73. The quantitative estimate of drug-likeness (QED) is 0.497. The summed E-state index contributed by atoms with van der Waals surface area (Å²) in [4.78, 5) is 13.3. The van der Waals surface area contributed by atoms with Crippen LogP contribution in [0.1, 0.15) is 90.6 Å². The summed E-state index contributed by atoms with van der Waals surface area (Å²) in [6.07, 6.45) is 1.35. The minimum atomic E-state index is -4.36. The van der Waals surface area contributed by atoms with Gasteiger partial charge in [-0.25, -0.2) is 17.5 Å². The predicted molar refractivity (Wildman–Crippen MR) is 126 cm³/mol. The van der Waals surface area contributed by atoms with Crippen LogP contribution in [0.2, 0.25) is 0 Å². The molecule has 0 aliphatic heterocycles. The molecule has 1 aliphatic rings. The van der Waals surface area contributed by atoms with Gasteiger partial charge in [-0.15, -0.1) is 11.3 Å². The number of aliphatic hydroxyl groups excluding tert-OH is 1. The lowest BCUT2D eigenvalue weighted by molar-refractivity contribution is -0.118. The number of rotatable bonds is 8. The van der Waals surface area contributed by atoms with Crippen molar-refractivity contribution in [1.29, 1.82) is 5.26 Å². The van der Waals surface area contributed by atoms with E-state index in [0.717, 1.165) is 24.2 Å². The standard InChI is InChI=1S/C24H29FN2O5S2/c1-12(2)20-17(16(14-6-7-14)8-15(10-26)21(20)25)9-19(29)27-34(31,32)23-18(11-28)13(3)22(33-23)24(4,5)30/h8,12,14,28,30H,6-7,9,11H2,1-5H3,(H,27,29). The van der Waals surface area contributed by atoms with Crippen LogP contribution in [0, 0.1) is 24.1 Å².